The molecule has 3 heterocycles. The van der Waals surface area contributed by atoms with E-state index in [0.717, 1.165) is 66.9 Å². The summed E-state index contributed by atoms with van der Waals surface area (Å²) in [6.07, 6.45) is 4.60. The maximum Gasteiger partial charge on any atom is 0.324 e. The molecule has 1 fully saturated rings. The van der Waals surface area contributed by atoms with Gasteiger partial charge in [-0.3, -0.25) is 15.0 Å². The molecular formula is C27H31N7O. The Hall–Kier alpha value is -3.75. The fourth-order valence-electron chi connectivity index (χ4n) is 4.48. The summed E-state index contributed by atoms with van der Waals surface area (Å²) < 4.78 is 1.77. The first-order valence-electron chi connectivity index (χ1n) is 12.0. The third-order valence-corrected chi connectivity index (χ3v) is 6.56. The van der Waals surface area contributed by atoms with Gasteiger partial charge in [-0.05, 0) is 48.7 Å². The summed E-state index contributed by atoms with van der Waals surface area (Å²) in [5.74, 6) is 0.498. The number of amides is 2. The average Bonchev–Trinajstić information content (AvgIpc) is 3.23. The average molecular weight is 470 g/mol. The van der Waals surface area contributed by atoms with E-state index in [1.165, 1.54) is 5.56 Å². The van der Waals surface area contributed by atoms with Crippen LogP contribution in [0.4, 0.5) is 16.3 Å². The molecule has 0 spiro atoms. The number of fused-ring (bicyclic) bond motifs is 1. The molecule has 0 radical (unpaired) electrons. The van der Waals surface area contributed by atoms with Crippen molar-refractivity contribution in [2.24, 2.45) is 7.05 Å². The molecule has 2 N–H and O–H groups in total. The number of carbonyl (C=O) groups is 1. The smallest absolute Gasteiger partial charge is 0.308 e. The van der Waals surface area contributed by atoms with Crippen molar-refractivity contribution in [1.82, 2.24) is 24.6 Å². The lowest BCUT2D eigenvalue weighted by Gasteiger charge is -2.32. The van der Waals surface area contributed by atoms with Crippen LogP contribution < -0.4 is 10.6 Å². The number of urea groups is 1. The highest BCUT2D eigenvalue weighted by atomic mass is 16.2. The van der Waals surface area contributed by atoms with E-state index in [9.17, 15) is 4.79 Å². The van der Waals surface area contributed by atoms with Crippen LogP contribution in [-0.4, -0.2) is 70.4 Å². The number of hydrogen-bond acceptors (Lipinski definition) is 5. The first kappa shape index (κ1) is 23.0. The molecule has 1 aliphatic heterocycles. The molecule has 2 amide bonds. The van der Waals surface area contributed by atoms with Gasteiger partial charge >= 0.3 is 6.03 Å². The molecule has 8 heteroatoms. The van der Waals surface area contributed by atoms with E-state index in [0.29, 0.717) is 5.82 Å². The minimum atomic E-state index is -0.312. The van der Waals surface area contributed by atoms with Crippen molar-refractivity contribution >= 4 is 28.3 Å². The summed E-state index contributed by atoms with van der Waals surface area (Å²) in [5.41, 5.74) is 3.92. The van der Waals surface area contributed by atoms with E-state index >= 15 is 0 Å². The van der Waals surface area contributed by atoms with E-state index in [-0.39, 0.29) is 6.03 Å². The van der Waals surface area contributed by atoms with Crippen LogP contribution in [0, 0.1) is 0 Å². The van der Waals surface area contributed by atoms with Crippen LogP contribution in [0.25, 0.3) is 22.0 Å². The van der Waals surface area contributed by atoms with E-state index in [1.54, 1.807) is 10.9 Å². The molecule has 5 rings (SSSR count). The Kier molecular flexibility index (Phi) is 6.74. The molecular weight excluding hydrogens is 438 g/mol. The topological polar surface area (TPSA) is 78.3 Å². The maximum atomic E-state index is 12.7. The number of pyridine rings is 1. The van der Waals surface area contributed by atoms with Gasteiger partial charge in [0, 0.05) is 74.9 Å². The summed E-state index contributed by atoms with van der Waals surface area (Å²) in [6, 6.07) is 17.8. The monoisotopic (exact) mass is 469 g/mol. The van der Waals surface area contributed by atoms with E-state index < -0.39 is 0 Å². The second kappa shape index (κ2) is 10.2. The van der Waals surface area contributed by atoms with Gasteiger partial charge in [-0.1, -0.05) is 24.3 Å². The van der Waals surface area contributed by atoms with Crippen LogP contribution in [0.1, 0.15) is 5.56 Å². The third-order valence-electron chi connectivity index (χ3n) is 6.56. The zero-order chi connectivity index (χ0) is 24.2. The van der Waals surface area contributed by atoms with Gasteiger partial charge in [-0.2, -0.15) is 5.10 Å². The predicted octanol–water partition coefficient (Wildman–Crippen LogP) is 4.07. The molecule has 4 aromatic rings. The highest BCUT2D eigenvalue weighted by molar-refractivity contribution is 5.99. The fraction of sp³-hybridized carbons (Fsp3) is 0.296. The third kappa shape index (κ3) is 5.67. The zero-order valence-corrected chi connectivity index (χ0v) is 20.2. The number of likely N-dealkylation sites (N-methyl/N-ethyl adjacent to an activating group) is 1. The van der Waals surface area contributed by atoms with Gasteiger partial charge in [0.1, 0.15) is 0 Å². The molecule has 35 heavy (non-hydrogen) atoms. The van der Waals surface area contributed by atoms with E-state index in [1.807, 2.05) is 43.6 Å². The van der Waals surface area contributed by atoms with Crippen molar-refractivity contribution < 1.29 is 4.79 Å². The number of carbonyl (C=O) groups excluding carboxylic acids is 1. The number of benzene rings is 2. The van der Waals surface area contributed by atoms with Gasteiger partial charge in [-0.25, -0.2) is 4.79 Å². The van der Waals surface area contributed by atoms with Crippen molar-refractivity contribution in [3.63, 3.8) is 0 Å². The quantitative estimate of drug-likeness (QED) is 0.445. The Labute approximate surface area is 205 Å². The summed E-state index contributed by atoms with van der Waals surface area (Å²) in [4.78, 5) is 21.7. The standard InChI is InChI=1S/C27H31N7O/c1-32-12-14-34(15-13-32)11-9-20-4-3-5-24(16-20)29-27(35)30-26-18-25(33(2)31-26)22-7-6-21-8-10-28-19-23(21)17-22/h3-8,10,16-19H,9,11-15H2,1-2H3,(H2,29,30,31,35). The minimum Gasteiger partial charge on any atom is -0.308 e. The molecule has 1 aliphatic rings. The molecule has 0 aliphatic carbocycles. The Morgan fingerprint density at radius 1 is 0.943 bits per heavy atom. The molecule has 0 saturated carbocycles. The Morgan fingerprint density at radius 2 is 1.80 bits per heavy atom. The number of rotatable bonds is 6. The minimum absolute atomic E-state index is 0.312. The Morgan fingerprint density at radius 3 is 2.66 bits per heavy atom. The van der Waals surface area contributed by atoms with Crippen molar-refractivity contribution in [3.05, 3.63) is 72.6 Å². The van der Waals surface area contributed by atoms with Crippen LogP contribution >= 0.6 is 0 Å². The second-order valence-electron chi connectivity index (χ2n) is 9.15. The van der Waals surface area contributed by atoms with Gasteiger partial charge in [0.25, 0.3) is 0 Å². The summed E-state index contributed by atoms with van der Waals surface area (Å²) in [7, 11) is 4.04. The number of aromatic nitrogens is 3. The lowest BCUT2D eigenvalue weighted by atomic mass is 10.1. The molecule has 0 unspecified atom stereocenters. The van der Waals surface area contributed by atoms with Crippen molar-refractivity contribution in [2.45, 2.75) is 6.42 Å². The Bertz CT molecular complexity index is 1320. The van der Waals surface area contributed by atoms with Crippen LogP contribution in [0.3, 0.4) is 0 Å². The highest BCUT2D eigenvalue weighted by Gasteiger charge is 2.14. The van der Waals surface area contributed by atoms with E-state index in [2.05, 4.69) is 61.8 Å². The predicted molar refractivity (Wildman–Crippen MR) is 141 cm³/mol. The van der Waals surface area contributed by atoms with Gasteiger partial charge in [0.15, 0.2) is 5.82 Å². The van der Waals surface area contributed by atoms with Gasteiger partial charge in [-0.15, -0.1) is 0 Å². The number of nitrogens with one attached hydrogen (secondary N) is 2. The molecule has 2 aromatic carbocycles. The number of anilines is 2. The molecule has 0 bridgehead atoms. The number of aryl methyl sites for hydroxylation is 1. The molecule has 0 atom stereocenters. The van der Waals surface area contributed by atoms with Crippen molar-refractivity contribution in [2.75, 3.05) is 50.4 Å². The number of hydrogen-bond donors (Lipinski definition) is 2. The summed E-state index contributed by atoms with van der Waals surface area (Å²) in [5, 5.41) is 12.5. The van der Waals surface area contributed by atoms with Crippen LogP contribution in [0.15, 0.2) is 67.0 Å². The van der Waals surface area contributed by atoms with Crippen LogP contribution in [-0.2, 0) is 13.5 Å². The van der Waals surface area contributed by atoms with E-state index in [4.69, 9.17) is 0 Å². The first-order valence-corrected chi connectivity index (χ1v) is 12.0. The lowest BCUT2D eigenvalue weighted by Crippen LogP contribution is -2.45. The van der Waals surface area contributed by atoms with Crippen LogP contribution in [0.5, 0.6) is 0 Å². The lowest BCUT2D eigenvalue weighted by molar-refractivity contribution is 0.155. The normalized spacial score (nSPS) is 14.8. The molecule has 180 valence electrons. The van der Waals surface area contributed by atoms with Gasteiger partial charge in [0.2, 0.25) is 0 Å². The SMILES string of the molecule is CN1CCN(CCc2cccc(NC(=O)Nc3cc(-c4ccc5ccncc5c4)n(C)n3)c2)CC1. The second-order valence-corrected chi connectivity index (χ2v) is 9.15. The molecule has 2 aromatic heterocycles. The summed E-state index contributed by atoms with van der Waals surface area (Å²) >= 11 is 0. The number of nitrogens with zero attached hydrogens (tertiary/aromatic N) is 5. The first-order chi connectivity index (χ1) is 17.0. The van der Waals surface area contributed by atoms with Gasteiger partial charge in [0.05, 0.1) is 5.69 Å². The molecule has 1 saturated heterocycles. The van der Waals surface area contributed by atoms with Crippen molar-refractivity contribution in [1.29, 1.82) is 0 Å². The van der Waals surface area contributed by atoms with Crippen molar-refractivity contribution in [3.8, 4) is 11.3 Å². The largest absolute Gasteiger partial charge is 0.324 e. The fourth-order valence-corrected chi connectivity index (χ4v) is 4.48. The Balaban J connectivity index is 1.20. The highest BCUT2D eigenvalue weighted by Crippen LogP contribution is 2.26. The number of piperazine rings is 1. The molecule has 8 nitrogen and oxygen atoms in total. The summed E-state index contributed by atoms with van der Waals surface area (Å²) in [6.45, 7) is 5.49. The van der Waals surface area contributed by atoms with Crippen LogP contribution in [0.2, 0.25) is 0 Å². The zero-order valence-electron chi connectivity index (χ0n) is 20.2. The van der Waals surface area contributed by atoms with Gasteiger partial charge < -0.3 is 15.1 Å². The maximum absolute atomic E-state index is 12.7.